The van der Waals surface area contributed by atoms with E-state index in [1.54, 1.807) is 23.1 Å². The van der Waals surface area contributed by atoms with Crippen molar-refractivity contribution in [2.75, 3.05) is 18.5 Å². The van der Waals surface area contributed by atoms with Crippen LogP contribution in [0.15, 0.2) is 28.8 Å². The van der Waals surface area contributed by atoms with Crippen LogP contribution in [0.4, 0.5) is 10.5 Å². The van der Waals surface area contributed by atoms with Crippen LogP contribution in [0, 0.1) is 5.92 Å². The SMILES string of the molecule is O=C(Nc1cccc(Cl)c1)N1CCCCC1c1noc(COCC2CC2)n1. The highest BCUT2D eigenvalue weighted by molar-refractivity contribution is 6.30. The average molecular weight is 391 g/mol. The summed E-state index contributed by atoms with van der Waals surface area (Å²) in [5, 5.41) is 7.58. The highest BCUT2D eigenvalue weighted by Gasteiger charge is 2.32. The van der Waals surface area contributed by atoms with Gasteiger partial charge in [0.05, 0.1) is 12.6 Å². The number of nitrogens with zero attached hydrogens (tertiary/aromatic N) is 3. The van der Waals surface area contributed by atoms with Gasteiger partial charge in [-0.1, -0.05) is 22.8 Å². The Morgan fingerprint density at radius 3 is 3.04 bits per heavy atom. The van der Waals surface area contributed by atoms with Crippen LogP contribution < -0.4 is 5.32 Å². The van der Waals surface area contributed by atoms with Crippen LogP contribution in [0.25, 0.3) is 0 Å². The van der Waals surface area contributed by atoms with Crippen LogP contribution in [0.1, 0.15) is 49.9 Å². The molecule has 144 valence electrons. The largest absolute Gasteiger partial charge is 0.371 e. The molecule has 0 bridgehead atoms. The minimum atomic E-state index is -0.195. The van der Waals surface area contributed by atoms with Gasteiger partial charge >= 0.3 is 6.03 Å². The summed E-state index contributed by atoms with van der Waals surface area (Å²) < 4.78 is 10.9. The maximum atomic E-state index is 12.8. The maximum absolute atomic E-state index is 12.8. The normalized spacial score (nSPS) is 19.9. The lowest BCUT2D eigenvalue weighted by Crippen LogP contribution is -2.41. The number of carbonyl (C=O) groups excluding carboxylic acids is 1. The first-order valence-corrected chi connectivity index (χ1v) is 9.80. The van der Waals surface area contributed by atoms with Gasteiger partial charge in [0.15, 0.2) is 5.82 Å². The number of halogens is 1. The molecule has 0 spiro atoms. The summed E-state index contributed by atoms with van der Waals surface area (Å²) in [5.74, 6) is 1.70. The van der Waals surface area contributed by atoms with Crippen LogP contribution in [-0.2, 0) is 11.3 Å². The average Bonchev–Trinajstić information content (AvgIpc) is 3.37. The number of benzene rings is 1. The summed E-state index contributed by atoms with van der Waals surface area (Å²) in [5.41, 5.74) is 0.666. The van der Waals surface area contributed by atoms with Gasteiger partial charge < -0.3 is 19.5 Å². The fraction of sp³-hybridized carbons (Fsp3) is 0.526. The van der Waals surface area contributed by atoms with E-state index in [0.717, 1.165) is 25.9 Å². The summed E-state index contributed by atoms with van der Waals surface area (Å²) in [4.78, 5) is 19.0. The minimum absolute atomic E-state index is 0.182. The molecule has 1 N–H and O–H groups in total. The van der Waals surface area contributed by atoms with E-state index < -0.39 is 0 Å². The number of hydrogen-bond acceptors (Lipinski definition) is 5. The number of anilines is 1. The molecule has 4 rings (SSSR count). The van der Waals surface area contributed by atoms with Gasteiger partial charge in [0.2, 0.25) is 0 Å². The topological polar surface area (TPSA) is 80.5 Å². The lowest BCUT2D eigenvalue weighted by Gasteiger charge is -2.33. The molecule has 1 aliphatic heterocycles. The first kappa shape index (κ1) is 18.3. The molecule has 0 radical (unpaired) electrons. The number of carbonyl (C=O) groups is 1. The van der Waals surface area contributed by atoms with Gasteiger partial charge in [0.25, 0.3) is 5.89 Å². The highest BCUT2D eigenvalue weighted by Crippen LogP contribution is 2.31. The molecule has 2 fully saturated rings. The summed E-state index contributed by atoms with van der Waals surface area (Å²) in [6, 6.07) is 6.73. The number of nitrogens with one attached hydrogen (secondary N) is 1. The van der Waals surface area contributed by atoms with Crippen LogP contribution in [-0.4, -0.2) is 34.2 Å². The number of likely N-dealkylation sites (tertiary alicyclic amines) is 1. The van der Waals surface area contributed by atoms with Crippen LogP contribution >= 0.6 is 11.6 Å². The second-order valence-electron chi connectivity index (χ2n) is 7.15. The molecule has 1 aromatic carbocycles. The Morgan fingerprint density at radius 1 is 1.33 bits per heavy atom. The van der Waals surface area contributed by atoms with Crippen molar-refractivity contribution in [2.24, 2.45) is 5.92 Å². The minimum Gasteiger partial charge on any atom is -0.371 e. The second kappa shape index (κ2) is 8.27. The predicted octanol–water partition coefficient (Wildman–Crippen LogP) is 4.41. The zero-order valence-electron chi connectivity index (χ0n) is 15.1. The number of aromatic nitrogens is 2. The van der Waals surface area contributed by atoms with Crippen molar-refractivity contribution >= 4 is 23.3 Å². The monoisotopic (exact) mass is 390 g/mol. The zero-order valence-corrected chi connectivity index (χ0v) is 15.8. The Labute approximate surface area is 163 Å². The number of rotatable bonds is 6. The third-order valence-corrected chi connectivity index (χ3v) is 5.13. The first-order chi connectivity index (χ1) is 13.2. The maximum Gasteiger partial charge on any atom is 0.322 e. The van der Waals surface area contributed by atoms with E-state index >= 15 is 0 Å². The van der Waals surface area contributed by atoms with Gasteiger partial charge in [0.1, 0.15) is 6.61 Å². The summed E-state index contributed by atoms with van der Waals surface area (Å²) in [7, 11) is 0. The Morgan fingerprint density at radius 2 is 2.22 bits per heavy atom. The van der Waals surface area contributed by atoms with Crippen molar-refractivity contribution in [3.63, 3.8) is 0 Å². The summed E-state index contributed by atoms with van der Waals surface area (Å²) >= 11 is 6.00. The standard InChI is InChI=1S/C19H23ClN4O3/c20-14-4-3-5-15(10-14)21-19(25)24-9-2-1-6-16(24)18-22-17(27-23-18)12-26-11-13-7-8-13/h3-5,10,13,16H,1-2,6-9,11-12H2,(H,21,25). The molecule has 1 atom stereocenters. The van der Waals surface area contributed by atoms with Crippen molar-refractivity contribution < 1.29 is 14.1 Å². The van der Waals surface area contributed by atoms with Crippen molar-refractivity contribution in [2.45, 2.75) is 44.8 Å². The Bertz CT molecular complexity index is 793. The van der Waals surface area contributed by atoms with Crippen molar-refractivity contribution in [1.29, 1.82) is 0 Å². The molecule has 8 heteroatoms. The molecule has 1 aliphatic carbocycles. The number of urea groups is 1. The van der Waals surface area contributed by atoms with Crippen molar-refractivity contribution in [3.8, 4) is 0 Å². The van der Waals surface area contributed by atoms with Gasteiger partial charge in [-0.05, 0) is 56.2 Å². The Balaban J connectivity index is 1.40. The quantitative estimate of drug-likeness (QED) is 0.790. The van der Waals surface area contributed by atoms with Crippen molar-refractivity contribution in [3.05, 3.63) is 41.0 Å². The first-order valence-electron chi connectivity index (χ1n) is 9.42. The second-order valence-corrected chi connectivity index (χ2v) is 7.59. The lowest BCUT2D eigenvalue weighted by molar-refractivity contribution is 0.0894. The van der Waals surface area contributed by atoms with Gasteiger partial charge in [-0.25, -0.2) is 4.79 Å². The zero-order chi connectivity index (χ0) is 18.6. The molecular weight excluding hydrogens is 368 g/mol. The van der Waals surface area contributed by atoms with E-state index in [1.165, 1.54) is 12.8 Å². The molecule has 7 nitrogen and oxygen atoms in total. The third kappa shape index (κ3) is 4.78. The fourth-order valence-corrected chi connectivity index (χ4v) is 3.45. The van der Waals surface area contributed by atoms with E-state index in [-0.39, 0.29) is 12.1 Å². The van der Waals surface area contributed by atoms with E-state index in [4.69, 9.17) is 20.9 Å². The highest BCUT2D eigenvalue weighted by atomic mass is 35.5. The molecule has 2 aromatic rings. The van der Waals surface area contributed by atoms with Gasteiger partial charge in [-0.2, -0.15) is 4.98 Å². The smallest absolute Gasteiger partial charge is 0.322 e. The molecule has 2 aliphatic rings. The van der Waals surface area contributed by atoms with Crippen LogP contribution in [0.5, 0.6) is 0 Å². The van der Waals surface area contributed by atoms with E-state index in [0.29, 0.717) is 41.5 Å². The molecule has 1 aromatic heterocycles. The Kier molecular flexibility index (Phi) is 5.59. The molecule has 2 amide bonds. The molecule has 1 unspecified atom stereocenters. The van der Waals surface area contributed by atoms with Gasteiger partial charge in [-0.15, -0.1) is 0 Å². The van der Waals surface area contributed by atoms with E-state index in [9.17, 15) is 4.79 Å². The molecule has 1 saturated heterocycles. The van der Waals surface area contributed by atoms with Crippen LogP contribution in [0.3, 0.4) is 0 Å². The van der Waals surface area contributed by atoms with Gasteiger partial charge in [-0.3, -0.25) is 0 Å². The van der Waals surface area contributed by atoms with Gasteiger partial charge in [0, 0.05) is 17.3 Å². The molecule has 2 heterocycles. The van der Waals surface area contributed by atoms with Crippen molar-refractivity contribution in [1.82, 2.24) is 15.0 Å². The van der Waals surface area contributed by atoms with Crippen LogP contribution in [0.2, 0.25) is 5.02 Å². The van der Waals surface area contributed by atoms with E-state index in [2.05, 4.69) is 15.5 Å². The number of piperidine rings is 1. The summed E-state index contributed by atoms with van der Waals surface area (Å²) in [6.07, 6.45) is 5.27. The number of ether oxygens (including phenoxy) is 1. The fourth-order valence-electron chi connectivity index (χ4n) is 3.26. The van der Waals surface area contributed by atoms with E-state index in [1.807, 2.05) is 6.07 Å². The molecule has 27 heavy (non-hydrogen) atoms. The third-order valence-electron chi connectivity index (χ3n) is 4.90. The number of hydrogen-bond donors (Lipinski definition) is 1. The summed E-state index contributed by atoms with van der Waals surface area (Å²) in [6.45, 7) is 1.72. The molecular formula is C19H23ClN4O3. The lowest BCUT2D eigenvalue weighted by atomic mass is 10.0. The molecule has 1 saturated carbocycles. The predicted molar refractivity (Wildman–Crippen MR) is 100 cm³/mol. The Hall–Kier alpha value is -2.12. The number of amides is 2.